The Bertz CT molecular complexity index is 239. The molecule has 13 heavy (non-hydrogen) atoms. The highest BCUT2D eigenvalue weighted by atomic mass is 32.1. The third-order valence-corrected chi connectivity index (χ3v) is 3.89. The summed E-state index contributed by atoms with van der Waals surface area (Å²) in [6, 6.07) is 2.67. The molecule has 0 radical (unpaired) electrons. The van der Waals surface area contributed by atoms with Crippen molar-refractivity contribution >= 4 is 24.2 Å². The highest BCUT2D eigenvalue weighted by molar-refractivity contribution is 7.78. The van der Waals surface area contributed by atoms with Crippen LogP contribution in [0.3, 0.4) is 0 Å². The van der Waals surface area contributed by atoms with Crippen molar-refractivity contribution in [2.45, 2.75) is 31.7 Å². The van der Waals surface area contributed by atoms with Gasteiger partial charge in [0, 0.05) is 6.04 Å². The average molecular weight is 213 g/mol. The topological polar surface area (TPSA) is 12.0 Å². The van der Waals surface area contributed by atoms with Gasteiger partial charge in [0.05, 0.1) is 0 Å². The zero-order valence-corrected chi connectivity index (χ0v) is 9.28. The van der Waals surface area contributed by atoms with Crippen LogP contribution in [0, 0.1) is 5.92 Å². The van der Waals surface area contributed by atoms with Gasteiger partial charge in [-0.25, -0.2) is 0 Å². The summed E-state index contributed by atoms with van der Waals surface area (Å²) in [5.41, 5.74) is 1.41. The standard InChI is InChI=1S/C10H15NS2/c12-11-10(8-3-1-2-4-8)9-5-6-13-7-9/h5-8,10-12H,1-4H2. The van der Waals surface area contributed by atoms with Crippen molar-refractivity contribution in [3.63, 3.8) is 0 Å². The van der Waals surface area contributed by atoms with Crippen LogP contribution < -0.4 is 4.72 Å². The molecule has 1 saturated carbocycles. The van der Waals surface area contributed by atoms with E-state index in [9.17, 15) is 0 Å². The Labute approximate surface area is 89.1 Å². The van der Waals surface area contributed by atoms with E-state index in [-0.39, 0.29) is 0 Å². The van der Waals surface area contributed by atoms with Crippen LogP contribution >= 0.6 is 24.2 Å². The molecule has 0 amide bonds. The van der Waals surface area contributed by atoms with E-state index in [4.69, 9.17) is 0 Å². The van der Waals surface area contributed by atoms with Crippen LogP contribution in [0.25, 0.3) is 0 Å². The number of hydrogen-bond donors (Lipinski definition) is 2. The lowest BCUT2D eigenvalue weighted by Crippen LogP contribution is -2.19. The Morgan fingerprint density at radius 2 is 2.23 bits per heavy atom. The minimum Gasteiger partial charge on any atom is -0.259 e. The van der Waals surface area contributed by atoms with Gasteiger partial charge in [-0.1, -0.05) is 25.7 Å². The van der Waals surface area contributed by atoms with Gasteiger partial charge in [-0.15, -0.1) is 0 Å². The van der Waals surface area contributed by atoms with Gasteiger partial charge < -0.3 is 0 Å². The Balaban J connectivity index is 2.08. The number of thiol groups is 1. The first-order valence-electron chi connectivity index (χ1n) is 4.83. The highest BCUT2D eigenvalue weighted by Crippen LogP contribution is 2.36. The van der Waals surface area contributed by atoms with E-state index in [1.165, 1.54) is 31.2 Å². The number of thiophene rings is 1. The molecule has 1 nitrogen and oxygen atoms in total. The molecule has 72 valence electrons. The fraction of sp³-hybridized carbons (Fsp3) is 0.600. The van der Waals surface area contributed by atoms with E-state index in [2.05, 4.69) is 34.4 Å². The molecule has 1 N–H and O–H groups in total. The molecular weight excluding hydrogens is 198 g/mol. The molecule has 1 heterocycles. The smallest absolute Gasteiger partial charge is 0.0455 e. The molecular formula is C10H15NS2. The summed E-state index contributed by atoms with van der Waals surface area (Å²) in [4.78, 5) is 0. The number of nitrogens with one attached hydrogen (secondary N) is 1. The fourth-order valence-electron chi connectivity index (χ4n) is 2.19. The fourth-order valence-corrected chi connectivity index (χ4v) is 3.25. The Morgan fingerprint density at radius 3 is 2.77 bits per heavy atom. The van der Waals surface area contributed by atoms with E-state index in [1.54, 1.807) is 11.3 Å². The van der Waals surface area contributed by atoms with Gasteiger partial charge in [-0.05, 0) is 41.1 Å². The van der Waals surface area contributed by atoms with Gasteiger partial charge >= 0.3 is 0 Å². The van der Waals surface area contributed by atoms with Crippen molar-refractivity contribution in [1.82, 2.24) is 4.72 Å². The van der Waals surface area contributed by atoms with Crippen molar-refractivity contribution in [3.05, 3.63) is 22.4 Å². The molecule has 3 heteroatoms. The first kappa shape index (κ1) is 9.56. The molecule has 2 rings (SSSR count). The molecule has 0 aliphatic heterocycles. The summed E-state index contributed by atoms with van der Waals surface area (Å²) in [6.45, 7) is 0. The maximum absolute atomic E-state index is 4.23. The third kappa shape index (κ3) is 2.09. The zero-order valence-electron chi connectivity index (χ0n) is 7.57. The van der Waals surface area contributed by atoms with Crippen molar-refractivity contribution < 1.29 is 0 Å². The van der Waals surface area contributed by atoms with Gasteiger partial charge in [0.1, 0.15) is 0 Å². The number of rotatable bonds is 3. The molecule has 1 atom stereocenters. The second-order valence-corrected chi connectivity index (χ2v) is 4.75. The minimum absolute atomic E-state index is 0.470. The van der Waals surface area contributed by atoms with E-state index in [0.717, 1.165) is 5.92 Å². The first-order chi connectivity index (χ1) is 6.42. The van der Waals surface area contributed by atoms with Crippen LogP contribution in [0.15, 0.2) is 16.8 Å². The van der Waals surface area contributed by atoms with Crippen LogP contribution in [0.2, 0.25) is 0 Å². The van der Waals surface area contributed by atoms with E-state index in [1.807, 2.05) is 0 Å². The lowest BCUT2D eigenvalue weighted by atomic mass is 9.94. The van der Waals surface area contributed by atoms with Crippen molar-refractivity contribution in [3.8, 4) is 0 Å². The van der Waals surface area contributed by atoms with E-state index >= 15 is 0 Å². The molecule has 1 aromatic heterocycles. The van der Waals surface area contributed by atoms with Crippen molar-refractivity contribution in [1.29, 1.82) is 0 Å². The second-order valence-electron chi connectivity index (χ2n) is 3.71. The predicted molar refractivity (Wildman–Crippen MR) is 61.1 cm³/mol. The maximum Gasteiger partial charge on any atom is 0.0455 e. The summed E-state index contributed by atoms with van der Waals surface area (Å²) in [7, 11) is 0. The van der Waals surface area contributed by atoms with Crippen LogP contribution in [-0.4, -0.2) is 0 Å². The normalized spacial score (nSPS) is 20.7. The zero-order chi connectivity index (χ0) is 9.10. The van der Waals surface area contributed by atoms with Crippen LogP contribution in [0.4, 0.5) is 0 Å². The van der Waals surface area contributed by atoms with Crippen LogP contribution in [-0.2, 0) is 0 Å². The molecule has 0 aromatic carbocycles. The largest absolute Gasteiger partial charge is 0.259 e. The third-order valence-electron chi connectivity index (χ3n) is 2.91. The molecule has 1 aromatic rings. The molecule has 0 saturated heterocycles. The van der Waals surface area contributed by atoms with Crippen molar-refractivity contribution in [2.24, 2.45) is 5.92 Å². The monoisotopic (exact) mass is 213 g/mol. The average Bonchev–Trinajstić information content (AvgIpc) is 2.76. The molecule has 0 spiro atoms. The summed E-state index contributed by atoms with van der Waals surface area (Å²) in [5.74, 6) is 0.798. The van der Waals surface area contributed by atoms with Gasteiger partial charge in [-0.3, -0.25) is 4.72 Å². The first-order valence-corrected chi connectivity index (χ1v) is 6.22. The van der Waals surface area contributed by atoms with Crippen LogP contribution in [0.1, 0.15) is 37.3 Å². The number of hydrogen-bond acceptors (Lipinski definition) is 3. The molecule has 1 aliphatic carbocycles. The predicted octanol–water partition coefficient (Wildman–Crippen LogP) is 3.41. The summed E-state index contributed by atoms with van der Waals surface area (Å²) >= 11 is 6.00. The lowest BCUT2D eigenvalue weighted by Gasteiger charge is -2.21. The second kappa shape index (κ2) is 4.49. The molecule has 1 aliphatic rings. The Morgan fingerprint density at radius 1 is 1.46 bits per heavy atom. The van der Waals surface area contributed by atoms with Gasteiger partial charge in [-0.2, -0.15) is 11.3 Å². The highest BCUT2D eigenvalue weighted by Gasteiger charge is 2.25. The minimum atomic E-state index is 0.470. The van der Waals surface area contributed by atoms with Gasteiger partial charge in [0.15, 0.2) is 0 Å². The van der Waals surface area contributed by atoms with E-state index in [0.29, 0.717) is 6.04 Å². The quantitative estimate of drug-likeness (QED) is 0.733. The van der Waals surface area contributed by atoms with Crippen LogP contribution in [0.5, 0.6) is 0 Å². The molecule has 1 unspecified atom stereocenters. The van der Waals surface area contributed by atoms with E-state index < -0.39 is 0 Å². The lowest BCUT2D eigenvalue weighted by molar-refractivity contribution is 0.426. The Kier molecular flexibility index (Phi) is 3.30. The summed E-state index contributed by atoms with van der Waals surface area (Å²) in [5, 5.41) is 4.37. The Hall–Kier alpha value is 0.01000. The van der Waals surface area contributed by atoms with Crippen molar-refractivity contribution in [2.75, 3.05) is 0 Å². The maximum atomic E-state index is 4.23. The molecule has 0 bridgehead atoms. The SMILES string of the molecule is SNC(c1ccsc1)C1CCCC1. The summed E-state index contributed by atoms with van der Waals surface area (Å²) in [6.07, 6.45) is 5.49. The summed E-state index contributed by atoms with van der Waals surface area (Å²) < 4.78 is 3.15. The molecule has 1 fully saturated rings. The van der Waals surface area contributed by atoms with Gasteiger partial charge in [0.25, 0.3) is 0 Å². The van der Waals surface area contributed by atoms with Gasteiger partial charge in [0.2, 0.25) is 0 Å².